The topological polar surface area (TPSA) is 60.9 Å². The highest BCUT2D eigenvalue weighted by Gasteiger charge is 2.14. The van der Waals surface area contributed by atoms with E-state index in [9.17, 15) is 4.21 Å². The maximum atomic E-state index is 12.6. The Hall–Kier alpha value is -2.14. The molecule has 3 rings (SSSR count). The van der Waals surface area contributed by atoms with E-state index in [1.165, 1.54) is 0 Å². The third-order valence-corrected chi connectivity index (χ3v) is 5.14. The number of aromatic nitrogens is 2. The van der Waals surface area contributed by atoms with Crippen LogP contribution in [0.4, 0.5) is 5.69 Å². The van der Waals surface area contributed by atoms with Gasteiger partial charge in [-0.15, -0.1) is 0 Å². The van der Waals surface area contributed by atoms with Gasteiger partial charge in [-0.3, -0.25) is 8.89 Å². The molecular weight excluding hydrogens is 282 g/mol. The first-order chi connectivity index (χ1) is 10.1. The summed E-state index contributed by atoms with van der Waals surface area (Å²) >= 11 is 0. The van der Waals surface area contributed by atoms with Crippen LogP contribution in [0.15, 0.2) is 47.4 Å². The molecule has 1 aromatic heterocycles. The number of para-hydroxylation sites is 1. The Labute approximate surface area is 126 Å². The normalized spacial score (nSPS) is 12.7. The Morgan fingerprint density at radius 1 is 1.19 bits per heavy atom. The molecule has 0 aliphatic carbocycles. The van der Waals surface area contributed by atoms with Crippen molar-refractivity contribution < 1.29 is 4.21 Å². The summed E-state index contributed by atoms with van der Waals surface area (Å²) in [5.41, 5.74) is 9.36. The van der Waals surface area contributed by atoms with Crippen LogP contribution in [0.2, 0.25) is 0 Å². The van der Waals surface area contributed by atoms with E-state index in [-0.39, 0.29) is 0 Å². The van der Waals surface area contributed by atoms with E-state index >= 15 is 0 Å². The molecule has 1 heterocycles. The molecule has 2 N–H and O–H groups in total. The van der Waals surface area contributed by atoms with E-state index in [0.29, 0.717) is 11.4 Å². The minimum atomic E-state index is -1.15. The van der Waals surface area contributed by atoms with Crippen LogP contribution in [0.25, 0.3) is 10.9 Å². The quantitative estimate of drug-likeness (QED) is 0.756. The number of hydrogen-bond acceptors (Lipinski definition) is 3. The van der Waals surface area contributed by atoms with Crippen LogP contribution in [0.1, 0.15) is 11.3 Å². The summed E-state index contributed by atoms with van der Waals surface area (Å²) in [4.78, 5) is 0.782. The van der Waals surface area contributed by atoms with Crippen molar-refractivity contribution in [2.24, 2.45) is 7.05 Å². The number of aryl methyl sites for hydroxylation is 1. The number of hydrogen-bond donors (Lipinski definition) is 1. The zero-order valence-electron chi connectivity index (χ0n) is 12.0. The van der Waals surface area contributed by atoms with Crippen molar-refractivity contribution in [1.29, 1.82) is 0 Å². The molecule has 4 nitrogen and oxygen atoms in total. The van der Waals surface area contributed by atoms with Crippen LogP contribution in [0, 0.1) is 6.92 Å². The average Bonchev–Trinajstić information content (AvgIpc) is 2.79. The average molecular weight is 299 g/mol. The highest BCUT2D eigenvalue weighted by molar-refractivity contribution is 7.84. The van der Waals surface area contributed by atoms with Crippen LogP contribution in [0.5, 0.6) is 0 Å². The molecule has 0 aliphatic rings. The van der Waals surface area contributed by atoms with Gasteiger partial charge in [0.2, 0.25) is 0 Å². The Morgan fingerprint density at radius 3 is 2.76 bits per heavy atom. The summed E-state index contributed by atoms with van der Waals surface area (Å²) in [6.45, 7) is 1.90. The number of anilines is 1. The molecule has 1 unspecified atom stereocenters. The molecule has 1 atom stereocenters. The number of rotatable bonds is 3. The van der Waals surface area contributed by atoms with E-state index in [1.807, 2.05) is 61.1 Å². The molecule has 0 bridgehead atoms. The van der Waals surface area contributed by atoms with Gasteiger partial charge in [0.15, 0.2) is 0 Å². The molecule has 0 saturated heterocycles. The first-order valence-corrected chi connectivity index (χ1v) is 8.04. The minimum absolute atomic E-state index is 0.394. The first-order valence-electron chi connectivity index (χ1n) is 6.72. The Balaban J connectivity index is 1.99. The summed E-state index contributed by atoms with van der Waals surface area (Å²) in [5.74, 6) is 0.394. The zero-order chi connectivity index (χ0) is 15.0. The second-order valence-corrected chi connectivity index (χ2v) is 6.47. The molecule has 108 valence electrons. The van der Waals surface area contributed by atoms with Crippen molar-refractivity contribution >= 4 is 27.4 Å². The van der Waals surface area contributed by atoms with Gasteiger partial charge < -0.3 is 5.73 Å². The SMILES string of the molecule is Cc1c(N)cccc1S(=O)Cc1nn(C)c2ccccc12. The fraction of sp³-hybridized carbons (Fsp3) is 0.188. The van der Waals surface area contributed by atoms with Gasteiger partial charge in [0.25, 0.3) is 0 Å². The lowest BCUT2D eigenvalue weighted by Gasteiger charge is -2.07. The molecule has 0 saturated carbocycles. The Kier molecular flexibility index (Phi) is 3.51. The van der Waals surface area contributed by atoms with Crippen molar-refractivity contribution in [2.75, 3.05) is 5.73 Å². The fourth-order valence-electron chi connectivity index (χ4n) is 2.48. The lowest BCUT2D eigenvalue weighted by molar-refractivity contribution is 0.680. The van der Waals surface area contributed by atoms with Crippen LogP contribution >= 0.6 is 0 Å². The van der Waals surface area contributed by atoms with Crippen LogP contribution in [-0.4, -0.2) is 14.0 Å². The predicted octanol–water partition coefficient (Wildman–Crippen LogP) is 2.77. The van der Waals surface area contributed by atoms with Crippen molar-refractivity contribution in [2.45, 2.75) is 17.6 Å². The summed E-state index contributed by atoms with van der Waals surface area (Å²) in [5, 5.41) is 5.55. The number of benzene rings is 2. The van der Waals surface area contributed by atoms with Gasteiger partial charge in [-0.05, 0) is 30.7 Å². The third-order valence-electron chi connectivity index (χ3n) is 3.67. The van der Waals surface area contributed by atoms with E-state index in [0.717, 1.165) is 27.1 Å². The highest BCUT2D eigenvalue weighted by Crippen LogP contribution is 2.24. The smallest absolute Gasteiger partial charge is 0.0831 e. The zero-order valence-corrected chi connectivity index (χ0v) is 12.9. The highest BCUT2D eigenvalue weighted by atomic mass is 32.2. The van der Waals surface area contributed by atoms with Gasteiger partial charge in [0.05, 0.1) is 27.8 Å². The molecule has 0 amide bonds. The largest absolute Gasteiger partial charge is 0.398 e. The van der Waals surface area contributed by atoms with Gasteiger partial charge >= 0.3 is 0 Å². The van der Waals surface area contributed by atoms with Crippen molar-refractivity contribution in [1.82, 2.24) is 9.78 Å². The molecule has 0 fully saturated rings. The molecule has 5 heteroatoms. The molecule has 0 spiro atoms. The lowest BCUT2D eigenvalue weighted by atomic mass is 10.2. The fourth-order valence-corrected chi connectivity index (χ4v) is 3.78. The van der Waals surface area contributed by atoms with Gasteiger partial charge in [0, 0.05) is 23.0 Å². The predicted molar refractivity (Wildman–Crippen MR) is 86.4 cm³/mol. The van der Waals surface area contributed by atoms with Crippen molar-refractivity contribution in [3.63, 3.8) is 0 Å². The second-order valence-electron chi connectivity index (χ2n) is 5.05. The molecule has 0 radical (unpaired) electrons. The number of nitrogens with two attached hydrogens (primary N) is 1. The molecule has 3 aromatic rings. The van der Waals surface area contributed by atoms with Gasteiger partial charge in [-0.25, -0.2) is 0 Å². The first kappa shape index (κ1) is 13.8. The summed E-state index contributed by atoms with van der Waals surface area (Å²) < 4.78 is 14.5. The monoisotopic (exact) mass is 299 g/mol. The molecule has 2 aromatic carbocycles. The van der Waals surface area contributed by atoms with Crippen LogP contribution < -0.4 is 5.73 Å². The van der Waals surface area contributed by atoms with Gasteiger partial charge in [-0.2, -0.15) is 5.10 Å². The van der Waals surface area contributed by atoms with Crippen LogP contribution in [-0.2, 0) is 23.6 Å². The van der Waals surface area contributed by atoms with E-state index in [2.05, 4.69) is 5.10 Å². The summed E-state index contributed by atoms with van der Waals surface area (Å²) in [6, 6.07) is 13.5. The van der Waals surface area contributed by atoms with E-state index in [4.69, 9.17) is 5.73 Å². The summed E-state index contributed by atoms with van der Waals surface area (Å²) in [6.07, 6.45) is 0. The van der Waals surface area contributed by atoms with Crippen molar-refractivity contribution in [3.8, 4) is 0 Å². The van der Waals surface area contributed by atoms with E-state index in [1.54, 1.807) is 0 Å². The van der Waals surface area contributed by atoms with Crippen molar-refractivity contribution in [3.05, 3.63) is 53.7 Å². The number of nitrogens with zero attached hydrogens (tertiary/aromatic N) is 2. The van der Waals surface area contributed by atoms with Gasteiger partial charge in [-0.1, -0.05) is 24.3 Å². The molecule has 0 aliphatic heterocycles. The second kappa shape index (κ2) is 5.33. The number of fused-ring (bicyclic) bond motifs is 1. The van der Waals surface area contributed by atoms with Crippen LogP contribution in [0.3, 0.4) is 0 Å². The third kappa shape index (κ3) is 2.45. The Bertz CT molecular complexity index is 839. The molecule has 21 heavy (non-hydrogen) atoms. The maximum absolute atomic E-state index is 12.6. The molecular formula is C16H17N3OS. The Morgan fingerprint density at radius 2 is 1.95 bits per heavy atom. The van der Waals surface area contributed by atoms with Gasteiger partial charge in [0.1, 0.15) is 0 Å². The van der Waals surface area contributed by atoms with E-state index < -0.39 is 10.8 Å². The number of nitrogen functional groups attached to an aromatic ring is 1. The maximum Gasteiger partial charge on any atom is 0.0831 e. The lowest BCUT2D eigenvalue weighted by Crippen LogP contribution is -2.02. The standard InChI is InChI=1S/C16H17N3OS/c1-11-13(17)7-5-9-16(11)21(20)10-14-12-6-3-4-8-15(12)19(2)18-14/h3-9H,10,17H2,1-2H3. The summed E-state index contributed by atoms with van der Waals surface area (Å²) in [7, 11) is 0.749. The minimum Gasteiger partial charge on any atom is -0.398 e.